The Morgan fingerprint density at radius 2 is 2.00 bits per heavy atom. The Morgan fingerprint density at radius 3 is 2.63 bits per heavy atom. The molecule has 0 bridgehead atoms. The number of hydrogen-bond acceptors (Lipinski definition) is 5. The number of carbonyl (C=O) groups excluding carboxylic acids is 2. The number of nitrogens with zero attached hydrogens (tertiary/aromatic N) is 3. The molecule has 27 heavy (non-hydrogen) atoms. The van der Waals surface area contributed by atoms with E-state index in [0.717, 1.165) is 24.8 Å². The fourth-order valence-electron chi connectivity index (χ4n) is 2.72. The van der Waals surface area contributed by atoms with Crippen molar-refractivity contribution in [2.45, 2.75) is 45.6 Å². The summed E-state index contributed by atoms with van der Waals surface area (Å²) >= 11 is 7.20. The Morgan fingerprint density at radius 1 is 1.30 bits per heavy atom. The molecule has 1 aromatic carbocycles. The summed E-state index contributed by atoms with van der Waals surface area (Å²) in [5.41, 5.74) is 0.898. The van der Waals surface area contributed by atoms with Crippen molar-refractivity contribution in [2.24, 2.45) is 5.92 Å². The lowest BCUT2D eigenvalue weighted by Gasteiger charge is -2.28. The minimum absolute atomic E-state index is 0.143. The van der Waals surface area contributed by atoms with Crippen molar-refractivity contribution in [1.29, 1.82) is 0 Å². The molecule has 2 aromatic rings. The SMILES string of the molecule is CCC(C)N(CCC(=O)Nc1nnc(-c2ccc(Cl)cc2)s1)C(=O)C1CC1. The zero-order chi connectivity index (χ0) is 19.4. The average Bonchev–Trinajstić information content (AvgIpc) is 3.42. The van der Waals surface area contributed by atoms with Crippen LogP contribution in [0.3, 0.4) is 0 Å². The van der Waals surface area contributed by atoms with Crippen LogP contribution in [0.4, 0.5) is 5.13 Å². The van der Waals surface area contributed by atoms with Gasteiger partial charge in [-0.15, -0.1) is 10.2 Å². The molecule has 3 rings (SSSR count). The molecule has 0 spiro atoms. The van der Waals surface area contributed by atoms with Crippen LogP contribution in [0.2, 0.25) is 5.02 Å². The lowest BCUT2D eigenvalue weighted by Crippen LogP contribution is -2.41. The van der Waals surface area contributed by atoms with E-state index < -0.39 is 0 Å². The maximum atomic E-state index is 12.4. The van der Waals surface area contributed by atoms with E-state index in [1.807, 2.05) is 24.0 Å². The number of benzene rings is 1. The molecule has 1 heterocycles. The maximum Gasteiger partial charge on any atom is 0.227 e. The number of aromatic nitrogens is 2. The van der Waals surface area contributed by atoms with Crippen LogP contribution in [0.25, 0.3) is 10.6 Å². The van der Waals surface area contributed by atoms with Gasteiger partial charge in [0, 0.05) is 35.5 Å². The average molecular weight is 407 g/mol. The van der Waals surface area contributed by atoms with Crippen molar-refractivity contribution < 1.29 is 9.59 Å². The first-order valence-electron chi connectivity index (χ1n) is 9.17. The number of carbonyl (C=O) groups is 2. The van der Waals surface area contributed by atoms with Crippen molar-refractivity contribution >= 4 is 39.9 Å². The predicted octanol–water partition coefficient (Wildman–Crippen LogP) is 4.22. The topological polar surface area (TPSA) is 75.2 Å². The highest BCUT2D eigenvalue weighted by Gasteiger charge is 2.34. The summed E-state index contributed by atoms with van der Waals surface area (Å²) in [6.07, 6.45) is 3.06. The molecule has 1 unspecified atom stereocenters. The highest BCUT2D eigenvalue weighted by atomic mass is 35.5. The summed E-state index contributed by atoms with van der Waals surface area (Å²) in [5, 5.41) is 12.7. The Labute approximate surface area is 167 Å². The fourth-order valence-corrected chi connectivity index (χ4v) is 3.61. The Bertz CT molecular complexity index is 804. The van der Waals surface area contributed by atoms with E-state index in [1.54, 1.807) is 12.1 Å². The molecule has 1 fully saturated rings. The van der Waals surface area contributed by atoms with E-state index in [9.17, 15) is 9.59 Å². The van der Waals surface area contributed by atoms with Gasteiger partial charge >= 0.3 is 0 Å². The van der Waals surface area contributed by atoms with Crippen molar-refractivity contribution in [1.82, 2.24) is 15.1 Å². The normalized spacial score (nSPS) is 14.6. The van der Waals surface area contributed by atoms with E-state index in [2.05, 4.69) is 22.4 Å². The van der Waals surface area contributed by atoms with E-state index in [4.69, 9.17) is 11.6 Å². The summed E-state index contributed by atoms with van der Waals surface area (Å²) < 4.78 is 0. The molecule has 2 amide bonds. The molecule has 0 saturated heterocycles. The molecule has 6 nitrogen and oxygen atoms in total. The quantitative estimate of drug-likeness (QED) is 0.711. The van der Waals surface area contributed by atoms with Crippen molar-refractivity contribution in [3.8, 4) is 10.6 Å². The molecular weight excluding hydrogens is 384 g/mol. The first kappa shape index (κ1) is 19.8. The third kappa shape index (κ3) is 5.26. The van der Waals surface area contributed by atoms with Crippen LogP contribution in [0.15, 0.2) is 24.3 Å². The second-order valence-corrected chi connectivity index (χ2v) is 8.19. The van der Waals surface area contributed by atoms with Gasteiger partial charge in [0.1, 0.15) is 5.01 Å². The second-order valence-electron chi connectivity index (χ2n) is 6.78. The van der Waals surface area contributed by atoms with Gasteiger partial charge in [-0.25, -0.2) is 0 Å². The molecule has 1 N–H and O–H groups in total. The number of hydrogen-bond donors (Lipinski definition) is 1. The number of amides is 2. The highest BCUT2D eigenvalue weighted by Crippen LogP contribution is 2.32. The van der Waals surface area contributed by atoms with Crippen LogP contribution < -0.4 is 5.32 Å². The van der Waals surface area contributed by atoms with E-state index in [0.29, 0.717) is 21.7 Å². The molecular formula is C19H23ClN4O2S. The van der Waals surface area contributed by atoms with Crippen LogP contribution in [0.5, 0.6) is 0 Å². The molecule has 1 aromatic heterocycles. The third-order valence-electron chi connectivity index (χ3n) is 4.67. The van der Waals surface area contributed by atoms with Gasteiger partial charge in [-0.1, -0.05) is 42.0 Å². The number of nitrogens with one attached hydrogen (secondary N) is 1. The van der Waals surface area contributed by atoms with Gasteiger partial charge in [0.2, 0.25) is 16.9 Å². The molecule has 8 heteroatoms. The summed E-state index contributed by atoms with van der Waals surface area (Å²) in [6, 6.07) is 7.45. The van der Waals surface area contributed by atoms with E-state index in [-0.39, 0.29) is 30.2 Å². The minimum Gasteiger partial charge on any atom is -0.339 e. The summed E-state index contributed by atoms with van der Waals surface area (Å²) in [5.74, 6) is 0.177. The van der Waals surface area contributed by atoms with Crippen LogP contribution in [-0.2, 0) is 9.59 Å². The molecule has 1 saturated carbocycles. The molecule has 144 valence electrons. The first-order valence-corrected chi connectivity index (χ1v) is 10.4. The van der Waals surface area contributed by atoms with Gasteiger partial charge in [0.25, 0.3) is 0 Å². The molecule has 1 aliphatic carbocycles. The first-order chi connectivity index (χ1) is 13.0. The van der Waals surface area contributed by atoms with E-state index >= 15 is 0 Å². The highest BCUT2D eigenvalue weighted by molar-refractivity contribution is 7.18. The molecule has 1 atom stereocenters. The van der Waals surface area contributed by atoms with Crippen LogP contribution in [-0.4, -0.2) is 39.5 Å². The number of rotatable bonds is 8. The molecule has 0 aliphatic heterocycles. The standard InChI is InChI=1S/C19H23ClN4O2S/c1-3-12(2)24(18(26)14-4-5-14)11-10-16(25)21-19-23-22-17(27-19)13-6-8-15(20)9-7-13/h6-9,12,14H,3-5,10-11H2,1-2H3,(H,21,23,25). The van der Waals surface area contributed by atoms with Gasteiger partial charge in [0.05, 0.1) is 0 Å². The van der Waals surface area contributed by atoms with Crippen LogP contribution in [0.1, 0.15) is 39.5 Å². The van der Waals surface area contributed by atoms with Gasteiger partial charge < -0.3 is 10.2 Å². The Hall–Kier alpha value is -1.99. The lowest BCUT2D eigenvalue weighted by molar-refractivity contribution is -0.135. The number of halogens is 1. The summed E-state index contributed by atoms with van der Waals surface area (Å²) in [4.78, 5) is 26.6. The smallest absolute Gasteiger partial charge is 0.227 e. The van der Waals surface area contributed by atoms with Gasteiger partial charge in [0.15, 0.2) is 0 Å². The second kappa shape index (κ2) is 8.80. The molecule has 0 radical (unpaired) electrons. The van der Waals surface area contributed by atoms with Crippen LogP contribution >= 0.6 is 22.9 Å². The fraction of sp³-hybridized carbons (Fsp3) is 0.474. The third-order valence-corrected chi connectivity index (χ3v) is 5.81. The summed E-state index contributed by atoms with van der Waals surface area (Å²) in [7, 11) is 0. The van der Waals surface area contributed by atoms with Crippen molar-refractivity contribution in [3.63, 3.8) is 0 Å². The lowest BCUT2D eigenvalue weighted by atomic mass is 10.2. The van der Waals surface area contributed by atoms with Gasteiger partial charge in [-0.2, -0.15) is 0 Å². The molecule has 1 aliphatic rings. The zero-order valence-corrected chi connectivity index (χ0v) is 17.0. The monoisotopic (exact) mass is 406 g/mol. The number of anilines is 1. The van der Waals surface area contributed by atoms with Crippen molar-refractivity contribution in [3.05, 3.63) is 29.3 Å². The Kier molecular flexibility index (Phi) is 6.44. The van der Waals surface area contributed by atoms with Crippen molar-refractivity contribution in [2.75, 3.05) is 11.9 Å². The summed E-state index contributed by atoms with van der Waals surface area (Å²) in [6.45, 7) is 4.51. The Balaban J connectivity index is 1.55. The maximum absolute atomic E-state index is 12.4. The minimum atomic E-state index is -0.161. The predicted molar refractivity (Wildman–Crippen MR) is 108 cm³/mol. The largest absolute Gasteiger partial charge is 0.339 e. The van der Waals surface area contributed by atoms with Gasteiger partial charge in [-0.3, -0.25) is 9.59 Å². The van der Waals surface area contributed by atoms with Gasteiger partial charge in [-0.05, 0) is 38.3 Å². The van der Waals surface area contributed by atoms with Crippen LogP contribution in [0, 0.1) is 5.92 Å². The van der Waals surface area contributed by atoms with E-state index in [1.165, 1.54) is 11.3 Å². The zero-order valence-electron chi connectivity index (χ0n) is 15.4.